The number of alkyl halides is 1. The number of hydrogen-bond acceptors (Lipinski definition) is 0. The van der Waals surface area contributed by atoms with E-state index >= 15 is 0 Å². The van der Waals surface area contributed by atoms with Gasteiger partial charge in [-0.15, -0.1) is 11.6 Å². The molecule has 0 radical (unpaired) electrons. The molecule has 0 nitrogen and oxygen atoms in total. The number of hydrogen-bond donors (Lipinski definition) is 0. The van der Waals surface area contributed by atoms with E-state index in [0.717, 1.165) is 0 Å². The lowest BCUT2D eigenvalue weighted by Gasteiger charge is -2.35. The molecule has 0 aliphatic carbocycles. The Morgan fingerprint density at radius 3 is 0.891 bits per heavy atom. The van der Waals surface area contributed by atoms with E-state index < -0.39 is 19.6 Å². The molecule has 1 saturated heterocycles. The summed E-state index contributed by atoms with van der Waals surface area (Å²) in [6.45, 7) is 43.0. The van der Waals surface area contributed by atoms with Gasteiger partial charge in [-0.2, -0.15) is 0 Å². The van der Waals surface area contributed by atoms with Crippen LogP contribution in [0.5, 0.6) is 0 Å². The number of rotatable bonds is 3. The molecule has 252 valence electrons. The standard InChI is InChI=1S/C43H63ClP2/c1-37(2,3)29-24-31(39(7,8)9)35(32(25-29)40(10,11)12)45-43(44,28-22-20-19-21-23-28)46(45)36-33(41(13,14)15)26-30(38(4,5)6)27-34(36)42(16,17)18/h19-27H,1-18H3. The average molecular weight is 677 g/mol. The normalized spacial score (nSPS) is 21.5. The van der Waals surface area contributed by atoms with Crippen LogP contribution in [-0.4, -0.2) is 0 Å². The third kappa shape index (κ3) is 7.08. The summed E-state index contributed by atoms with van der Waals surface area (Å²) in [5.74, 6) is 0. The zero-order chi connectivity index (χ0) is 35.2. The highest BCUT2D eigenvalue weighted by Gasteiger charge is 2.68. The Hall–Kier alpha value is -1.19. The smallest absolute Gasteiger partial charge is 0.102 e. The Morgan fingerprint density at radius 2 is 0.674 bits per heavy atom. The largest absolute Gasteiger partial charge is 0.124 e. The van der Waals surface area contributed by atoms with Crippen LogP contribution in [0.1, 0.15) is 164 Å². The van der Waals surface area contributed by atoms with Gasteiger partial charge < -0.3 is 0 Å². The molecule has 0 aromatic heterocycles. The maximum absolute atomic E-state index is 8.38. The second kappa shape index (κ2) is 11.7. The van der Waals surface area contributed by atoms with Gasteiger partial charge in [0.25, 0.3) is 0 Å². The molecule has 1 aliphatic rings. The molecule has 1 aliphatic heterocycles. The van der Waals surface area contributed by atoms with Crippen LogP contribution in [0.15, 0.2) is 54.6 Å². The molecule has 1 heterocycles. The topological polar surface area (TPSA) is 0 Å². The first kappa shape index (κ1) is 37.6. The Morgan fingerprint density at radius 1 is 0.413 bits per heavy atom. The first-order valence-corrected chi connectivity index (χ1v) is 21.0. The number of halogens is 1. The first-order valence-electron chi connectivity index (χ1n) is 17.3. The van der Waals surface area contributed by atoms with Crippen LogP contribution in [0.3, 0.4) is 0 Å². The van der Waals surface area contributed by atoms with Crippen molar-refractivity contribution in [3.63, 3.8) is 0 Å². The SMILES string of the molecule is CC(C)(C)c1cc(C(C)(C)C)c(P2P(c3c(C(C)(C)C)cc(C(C)(C)C)cc3C(C)(C)C)C2(Cl)c2ccccc2)c(C(C)(C)C)c1. The van der Waals surface area contributed by atoms with Crippen LogP contribution < -0.4 is 10.6 Å². The highest BCUT2D eigenvalue weighted by Crippen LogP contribution is 3.07. The van der Waals surface area contributed by atoms with Gasteiger partial charge in [0.05, 0.1) is 0 Å². The molecule has 0 N–H and O–H groups in total. The molecule has 2 unspecified atom stereocenters. The van der Waals surface area contributed by atoms with Crippen molar-refractivity contribution in [1.82, 2.24) is 0 Å². The summed E-state index contributed by atoms with van der Waals surface area (Å²) in [7, 11) is -1.52. The van der Waals surface area contributed by atoms with E-state index in [1.807, 2.05) is 0 Å². The van der Waals surface area contributed by atoms with E-state index in [9.17, 15) is 0 Å². The van der Waals surface area contributed by atoms with Crippen molar-refractivity contribution in [2.24, 2.45) is 0 Å². The Bertz CT molecular complexity index is 1420. The summed E-state index contributed by atoms with van der Waals surface area (Å²) in [5.41, 5.74) is 10.1. The fraction of sp³-hybridized carbons (Fsp3) is 0.581. The highest BCUT2D eigenvalue weighted by molar-refractivity contribution is 8.53. The summed E-state index contributed by atoms with van der Waals surface area (Å²) in [6.07, 6.45) is 0. The fourth-order valence-corrected chi connectivity index (χ4v) is 18.6. The van der Waals surface area contributed by atoms with Crippen LogP contribution in [-0.2, 0) is 36.8 Å². The predicted molar refractivity (Wildman–Crippen MR) is 212 cm³/mol. The second-order valence-electron chi connectivity index (χ2n) is 19.9. The summed E-state index contributed by atoms with van der Waals surface area (Å²) < 4.78 is -0.432. The minimum absolute atomic E-state index is 0.0210. The van der Waals surface area contributed by atoms with E-state index in [1.54, 1.807) is 10.6 Å². The monoisotopic (exact) mass is 676 g/mol. The van der Waals surface area contributed by atoms with Crippen LogP contribution in [0.4, 0.5) is 0 Å². The van der Waals surface area contributed by atoms with E-state index in [0.29, 0.717) is 0 Å². The van der Waals surface area contributed by atoms with Gasteiger partial charge in [0.2, 0.25) is 0 Å². The second-order valence-corrected chi connectivity index (χ2v) is 27.2. The molecule has 2 atom stereocenters. The minimum atomic E-state index is -0.760. The molecule has 3 aromatic carbocycles. The lowest BCUT2D eigenvalue weighted by molar-refractivity contribution is 0.553. The quantitative estimate of drug-likeness (QED) is 0.191. The third-order valence-electron chi connectivity index (χ3n) is 9.47. The maximum atomic E-state index is 8.38. The van der Waals surface area contributed by atoms with E-state index in [-0.39, 0.29) is 32.5 Å². The maximum Gasteiger partial charge on any atom is 0.124 e. The van der Waals surface area contributed by atoms with Crippen molar-refractivity contribution in [3.8, 4) is 0 Å². The van der Waals surface area contributed by atoms with Gasteiger partial charge in [-0.3, -0.25) is 0 Å². The molecule has 0 amide bonds. The summed E-state index contributed by atoms with van der Waals surface area (Å²) in [6, 6.07) is 21.3. The van der Waals surface area contributed by atoms with Crippen molar-refractivity contribution < 1.29 is 0 Å². The predicted octanol–water partition coefficient (Wildman–Crippen LogP) is 13.4. The molecule has 0 spiro atoms. The molecule has 3 heteroatoms. The first-order chi connectivity index (χ1) is 20.5. The summed E-state index contributed by atoms with van der Waals surface area (Å²) >= 11 is 8.38. The van der Waals surface area contributed by atoms with Crippen LogP contribution in [0, 0.1) is 0 Å². The Kier molecular flexibility index (Phi) is 9.58. The van der Waals surface area contributed by atoms with Gasteiger partial charge in [-0.25, -0.2) is 0 Å². The van der Waals surface area contributed by atoms with Crippen molar-refractivity contribution in [2.45, 2.75) is 161 Å². The van der Waals surface area contributed by atoms with Crippen LogP contribution in [0.2, 0.25) is 0 Å². The molecule has 3 aromatic rings. The van der Waals surface area contributed by atoms with E-state index in [4.69, 9.17) is 11.6 Å². The Balaban J connectivity index is 2.24. The van der Waals surface area contributed by atoms with Crippen molar-refractivity contribution in [3.05, 3.63) is 93.5 Å². The van der Waals surface area contributed by atoms with Gasteiger partial charge >= 0.3 is 0 Å². The molecule has 46 heavy (non-hydrogen) atoms. The minimum Gasteiger partial charge on any atom is -0.102 e. The zero-order valence-corrected chi connectivity index (χ0v) is 35.0. The molecular weight excluding hydrogens is 614 g/mol. The highest BCUT2D eigenvalue weighted by atomic mass is 35.5. The number of benzene rings is 3. The molecule has 4 rings (SSSR count). The lowest BCUT2D eigenvalue weighted by atomic mass is 9.75. The van der Waals surface area contributed by atoms with Crippen molar-refractivity contribution in [2.75, 3.05) is 0 Å². The van der Waals surface area contributed by atoms with Crippen molar-refractivity contribution in [1.29, 1.82) is 0 Å². The third-order valence-corrected chi connectivity index (χ3v) is 19.7. The van der Waals surface area contributed by atoms with Crippen LogP contribution >= 0.6 is 26.8 Å². The van der Waals surface area contributed by atoms with E-state index in [1.165, 1.54) is 38.9 Å². The summed E-state index contributed by atoms with van der Waals surface area (Å²) in [5, 5.41) is 3.13. The van der Waals surface area contributed by atoms with Gasteiger partial charge in [0, 0.05) is 0 Å². The van der Waals surface area contributed by atoms with Crippen molar-refractivity contribution >= 4 is 37.4 Å². The van der Waals surface area contributed by atoms with Crippen LogP contribution in [0.25, 0.3) is 0 Å². The Labute approximate surface area is 291 Å². The van der Waals surface area contributed by atoms with E-state index in [2.05, 4.69) is 179 Å². The molecular formula is C43H63ClP2. The fourth-order valence-electron chi connectivity index (χ4n) is 6.47. The summed E-state index contributed by atoms with van der Waals surface area (Å²) in [4.78, 5) is 0. The lowest BCUT2D eigenvalue weighted by Crippen LogP contribution is -2.31. The molecule has 0 saturated carbocycles. The van der Waals surface area contributed by atoms with Gasteiger partial charge in [-0.1, -0.05) is 179 Å². The van der Waals surface area contributed by atoms with Gasteiger partial charge in [-0.05, 0) is 97.3 Å². The molecule has 0 bridgehead atoms. The molecule has 1 fully saturated rings. The zero-order valence-electron chi connectivity index (χ0n) is 32.5. The average Bonchev–Trinajstić information content (AvgIpc) is 3.50. The van der Waals surface area contributed by atoms with Gasteiger partial charge in [0.1, 0.15) is 4.36 Å². The van der Waals surface area contributed by atoms with Gasteiger partial charge in [0.15, 0.2) is 0 Å².